The van der Waals surface area contributed by atoms with Crippen LogP contribution in [0, 0.1) is 0 Å². The summed E-state index contributed by atoms with van der Waals surface area (Å²) in [7, 11) is -7.30. The first-order valence-corrected chi connectivity index (χ1v) is 12.4. The molecule has 9 nitrogen and oxygen atoms in total. The van der Waals surface area contributed by atoms with Crippen LogP contribution in [0.15, 0.2) is 71.9 Å². The van der Waals surface area contributed by atoms with Gasteiger partial charge in [0.05, 0.1) is 33.6 Å². The van der Waals surface area contributed by atoms with Gasteiger partial charge in [0.25, 0.3) is 15.9 Å². The monoisotopic (exact) mass is 480 g/mol. The molecule has 0 unspecified atom stereocenters. The molecule has 162 valence electrons. The Kier molecular flexibility index (Phi) is 6.48. The van der Waals surface area contributed by atoms with Crippen LogP contribution in [0.4, 0.5) is 17.1 Å². The van der Waals surface area contributed by atoms with E-state index in [-0.39, 0.29) is 21.2 Å². The van der Waals surface area contributed by atoms with E-state index in [9.17, 15) is 21.6 Å². The Labute approximate surface area is 184 Å². The van der Waals surface area contributed by atoms with Gasteiger partial charge >= 0.3 is 0 Å². The van der Waals surface area contributed by atoms with Gasteiger partial charge in [0.1, 0.15) is 0 Å². The highest BCUT2D eigenvalue weighted by Gasteiger charge is 2.16. The van der Waals surface area contributed by atoms with Gasteiger partial charge in [-0.1, -0.05) is 11.6 Å². The van der Waals surface area contributed by atoms with Gasteiger partial charge in [-0.25, -0.2) is 16.8 Å². The van der Waals surface area contributed by atoms with E-state index < -0.39 is 26.0 Å². The van der Waals surface area contributed by atoms with Crippen molar-refractivity contribution in [2.24, 2.45) is 0 Å². The van der Waals surface area contributed by atoms with Gasteiger partial charge in [0.15, 0.2) is 0 Å². The van der Waals surface area contributed by atoms with Crippen molar-refractivity contribution in [3.8, 4) is 0 Å². The first kappa shape index (κ1) is 22.5. The molecule has 3 rings (SSSR count). The fourth-order valence-electron chi connectivity index (χ4n) is 2.53. The van der Waals surface area contributed by atoms with Crippen LogP contribution >= 0.6 is 11.6 Å². The maximum Gasteiger partial charge on any atom is 0.261 e. The van der Waals surface area contributed by atoms with E-state index in [1.165, 1.54) is 54.9 Å². The third kappa shape index (κ3) is 6.17. The van der Waals surface area contributed by atoms with Gasteiger partial charge in [-0.05, 0) is 54.6 Å². The number of aromatic nitrogens is 1. The average Bonchev–Trinajstić information content (AvgIpc) is 2.67. The number of nitrogens with one attached hydrogen (secondary N) is 3. The average molecular weight is 481 g/mol. The number of amides is 1. The highest BCUT2D eigenvalue weighted by atomic mass is 35.5. The number of pyridine rings is 1. The molecule has 1 aromatic heterocycles. The summed E-state index contributed by atoms with van der Waals surface area (Å²) in [5, 5.41) is 2.66. The third-order valence-electron chi connectivity index (χ3n) is 3.85. The fraction of sp³-hybridized carbons (Fsp3) is 0.0526. The lowest BCUT2D eigenvalue weighted by molar-refractivity contribution is 0.102. The second kappa shape index (κ2) is 8.92. The number of carbonyl (C=O) groups excluding carboxylic acids is 1. The van der Waals surface area contributed by atoms with E-state index >= 15 is 0 Å². The maximum absolute atomic E-state index is 12.5. The number of benzene rings is 2. The number of hydrogen-bond donors (Lipinski definition) is 3. The molecule has 0 fully saturated rings. The van der Waals surface area contributed by atoms with Crippen LogP contribution in [0.25, 0.3) is 0 Å². The zero-order chi connectivity index (χ0) is 22.6. The quantitative estimate of drug-likeness (QED) is 0.475. The molecular weight excluding hydrogens is 464 g/mol. The highest BCUT2D eigenvalue weighted by molar-refractivity contribution is 7.92. The molecule has 0 aliphatic carbocycles. The number of anilines is 3. The van der Waals surface area contributed by atoms with Crippen LogP contribution in [0.1, 0.15) is 10.4 Å². The Balaban J connectivity index is 1.71. The van der Waals surface area contributed by atoms with Crippen LogP contribution in [-0.4, -0.2) is 34.0 Å². The second-order valence-electron chi connectivity index (χ2n) is 6.39. The normalized spacial score (nSPS) is 11.5. The van der Waals surface area contributed by atoms with Crippen LogP contribution < -0.4 is 14.8 Å². The summed E-state index contributed by atoms with van der Waals surface area (Å²) >= 11 is 6.09. The van der Waals surface area contributed by atoms with E-state index in [0.717, 1.165) is 6.26 Å². The fourth-order valence-corrected chi connectivity index (χ4v) is 4.39. The summed E-state index contributed by atoms with van der Waals surface area (Å²) in [6, 6.07) is 12.8. The lowest BCUT2D eigenvalue weighted by atomic mass is 10.2. The van der Waals surface area contributed by atoms with Crippen molar-refractivity contribution in [1.29, 1.82) is 0 Å². The molecule has 0 aliphatic heterocycles. The molecule has 2 aromatic carbocycles. The lowest BCUT2D eigenvalue weighted by Gasteiger charge is -2.11. The van der Waals surface area contributed by atoms with Crippen LogP contribution in [0.2, 0.25) is 5.02 Å². The summed E-state index contributed by atoms with van der Waals surface area (Å²) in [6.07, 6.45) is 3.90. The molecule has 0 radical (unpaired) electrons. The number of nitrogens with zero attached hydrogens (tertiary/aromatic N) is 1. The topological polar surface area (TPSA) is 134 Å². The molecule has 1 amide bonds. The van der Waals surface area contributed by atoms with E-state index in [1.54, 1.807) is 12.1 Å². The SMILES string of the molecule is CS(=O)(=O)Nc1ccc(C(=O)Nc2ccc(S(=O)(=O)Nc3cccnc3)cc2)c(Cl)c1. The molecule has 0 atom stereocenters. The lowest BCUT2D eigenvalue weighted by Crippen LogP contribution is -2.15. The van der Waals surface area contributed by atoms with Crippen molar-refractivity contribution in [3.63, 3.8) is 0 Å². The smallest absolute Gasteiger partial charge is 0.261 e. The van der Waals surface area contributed by atoms with Crippen molar-refractivity contribution < 1.29 is 21.6 Å². The molecule has 12 heteroatoms. The van der Waals surface area contributed by atoms with Gasteiger partial charge in [-0.3, -0.25) is 19.2 Å². The molecule has 0 spiro atoms. The molecule has 0 bridgehead atoms. The van der Waals surface area contributed by atoms with Crippen molar-refractivity contribution >= 4 is 54.6 Å². The third-order valence-corrected chi connectivity index (χ3v) is 6.17. The maximum atomic E-state index is 12.5. The van der Waals surface area contributed by atoms with E-state index in [0.29, 0.717) is 11.4 Å². The van der Waals surface area contributed by atoms with Crippen molar-refractivity contribution in [3.05, 3.63) is 77.6 Å². The van der Waals surface area contributed by atoms with Gasteiger partial charge in [0.2, 0.25) is 10.0 Å². The van der Waals surface area contributed by atoms with E-state index in [2.05, 4.69) is 19.7 Å². The predicted molar refractivity (Wildman–Crippen MR) is 119 cm³/mol. The molecule has 3 N–H and O–H groups in total. The molecule has 1 heterocycles. The molecule has 31 heavy (non-hydrogen) atoms. The summed E-state index contributed by atoms with van der Waals surface area (Å²) in [5.74, 6) is -0.542. The largest absolute Gasteiger partial charge is 0.322 e. The Bertz CT molecular complexity index is 1310. The minimum atomic E-state index is -3.82. The van der Waals surface area contributed by atoms with Gasteiger partial charge in [0, 0.05) is 17.6 Å². The molecule has 0 aliphatic rings. The molecular formula is C19H17ClN4O5S2. The highest BCUT2D eigenvalue weighted by Crippen LogP contribution is 2.23. The summed E-state index contributed by atoms with van der Waals surface area (Å²) < 4.78 is 52.1. The van der Waals surface area contributed by atoms with Crippen molar-refractivity contribution in [1.82, 2.24) is 4.98 Å². The minimum Gasteiger partial charge on any atom is -0.322 e. The number of carbonyl (C=O) groups is 1. The Morgan fingerprint density at radius 2 is 1.58 bits per heavy atom. The number of sulfonamides is 2. The Morgan fingerprint density at radius 3 is 2.16 bits per heavy atom. The second-order valence-corrected chi connectivity index (χ2v) is 10.2. The zero-order valence-corrected chi connectivity index (χ0v) is 18.4. The van der Waals surface area contributed by atoms with Crippen LogP contribution in [-0.2, 0) is 20.0 Å². The first-order chi connectivity index (χ1) is 14.5. The van der Waals surface area contributed by atoms with Gasteiger partial charge in [-0.2, -0.15) is 0 Å². The van der Waals surface area contributed by atoms with E-state index in [4.69, 9.17) is 11.6 Å². The van der Waals surface area contributed by atoms with E-state index in [1.807, 2.05) is 0 Å². The van der Waals surface area contributed by atoms with Crippen LogP contribution in [0.3, 0.4) is 0 Å². The zero-order valence-electron chi connectivity index (χ0n) is 16.0. The standard InChI is InChI=1S/C19H17ClN4O5S2/c1-30(26,27)23-14-6-9-17(18(20)11-14)19(25)22-13-4-7-16(8-5-13)31(28,29)24-15-3-2-10-21-12-15/h2-12,23-24H,1H3,(H,22,25). The number of hydrogen-bond acceptors (Lipinski definition) is 6. The molecule has 0 saturated heterocycles. The summed E-state index contributed by atoms with van der Waals surface area (Å²) in [6.45, 7) is 0. The van der Waals surface area contributed by atoms with Gasteiger partial charge < -0.3 is 5.32 Å². The predicted octanol–water partition coefficient (Wildman–Crippen LogP) is 3.16. The van der Waals surface area contributed by atoms with Crippen molar-refractivity contribution in [2.75, 3.05) is 21.0 Å². The summed E-state index contributed by atoms with van der Waals surface area (Å²) in [4.78, 5) is 16.3. The Hall–Kier alpha value is -3.15. The molecule has 3 aromatic rings. The number of rotatable bonds is 7. The first-order valence-electron chi connectivity index (χ1n) is 8.65. The minimum absolute atomic E-state index is 0.00332. The summed E-state index contributed by atoms with van der Waals surface area (Å²) in [5.41, 5.74) is 1.01. The van der Waals surface area contributed by atoms with Crippen LogP contribution in [0.5, 0.6) is 0 Å². The molecule has 0 saturated carbocycles. The Morgan fingerprint density at radius 1 is 0.903 bits per heavy atom. The van der Waals surface area contributed by atoms with Crippen molar-refractivity contribution in [2.45, 2.75) is 4.90 Å². The number of halogens is 1. The van der Waals surface area contributed by atoms with Gasteiger partial charge in [-0.15, -0.1) is 0 Å².